The van der Waals surface area contributed by atoms with Gasteiger partial charge in [-0.1, -0.05) is 72.8 Å². The Morgan fingerprint density at radius 2 is 1.54 bits per heavy atom. The molecule has 0 fully saturated rings. The van der Waals surface area contributed by atoms with E-state index in [0.717, 1.165) is 12.2 Å². The average molecular weight is 356 g/mol. The summed E-state index contributed by atoms with van der Waals surface area (Å²) in [7, 11) is 1.69. The second-order valence-electron chi connectivity index (χ2n) is 6.20. The van der Waals surface area contributed by atoms with Gasteiger partial charge in [0.25, 0.3) is 0 Å². The Labute approximate surface area is 158 Å². The van der Waals surface area contributed by atoms with Crippen molar-refractivity contribution in [2.24, 2.45) is 0 Å². The molecular formula is C24H20OS. The van der Waals surface area contributed by atoms with Crippen molar-refractivity contribution in [3.8, 4) is 5.75 Å². The van der Waals surface area contributed by atoms with E-state index in [1.807, 2.05) is 23.5 Å². The molecule has 0 aliphatic heterocycles. The summed E-state index contributed by atoms with van der Waals surface area (Å²) >= 11 is 1.89. The van der Waals surface area contributed by atoms with E-state index < -0.39 is 0 Å². The molecule has 0 aliphatic carbocycles. The third kappa shape index (κ3) is 3.56. The van der Waals surface area contributed by atoms with E-state index >= 15 is 0 Å². The second-order valence-corrected chi connectivity index (χ2v) is 7.34. The van der Waals surface area contributed by atoms with E-state index in [0.29, 0.717) is 0 Å². The van der Waals surface area contributed by atoms with Gasteiger partial charge in [0, 0.05) is 16.0 Å². The van der Waals surface area contributed by atoms with Gasteiger partial charge >= 0.3 is 0 Å². The van der Waals surface area contributed by atoms with Gasteiger partial charge in [0.05, 0.1) is 7.11 Å². The molecule has 0 bridgehead atoms. The molecule has 0 aliphatic rings. The second kappa shape index (κ2) is 7.59. The van der Waals surface area contributed by atoms with Crippen molar-refractivity contribution in [3.05, 3.63) is 100 Å². The van der Waals surface area contributed by atoms with Crippen LogP contribution in [0.15, 0.2) is 78.9 Å². The van der Waals surface area contributed by atoms with E-state index in [1.54, 1.807) is 7.11 Å². The summed E-state index contributed by atoms with van der Waals surface area (Å²) < 4.78 is 6.58. The summed E-state index contributed by atoms with van der Waals surface area (Å²) in [6, 6.07) is 27.5. The lowest BCUT2D eigenvalue weighted by atomic mass is 10.0. The van der Waals surface area contributed by atoms with E-state index in [4.69, 9.17) is 4.74 Å². The zero-order valence-corrected chi connectivity index (χ0v) is 15.5. The Hall–Kier alpha value is -2.84. The highest BCUT2D eigenvalue weighted by atomic mass is 32.1. The molecule has 0 atom stereocenters. The number of hydrogen-bond acceptors (Lipinski definition) is 2. The summed E-state index contributed by atoms with van der Waals surface area (Å²) in [5.41, 5.74) is 3.84. The minimum Gasteiger partial charge on any atom is -0.497 e. The largest absolute Gasteiger partial charge is 0.497 e. The van der Waals surface area contributed by atoms with Crippen LogP contribution in [0.4, 0.5) is 0 Å². The fourth-order valence-electron chi connectivity index (χ4n) is 3.11. The SMILES string of the molecule is COc1ccc(/C=C/c2c(Cc3ccccc3)sc3ccccc23)cc1. The highest BCUT2D eigenvalue weighted by Gasteiger charge is 2.10. The quantitative estimate of drug-likeness (QED) is 0.388. The summed E-state index contributed by atoms with van der Waals surface area (Å²) in [5.74, 6) is 0.882. The molecule has 0 unspecified atom stereocenters. The van der Waals surface area contributed by atoms with Crippen LogP contribution in [0.3, 0.4) is 0 Å². The van der Waals surface area contributed by atoms with Gasteiger partial charge in [-0.05, 0) is 40.3 Å². The van der Waals surface area contributed by atoms with Crippen LogP contribution in [0.1, 0.15) is 21.6 Å². The first-order valence-corrected chi connectivity index (χ1v) is 9.51. The van der Waals surface area contributed by atoms with Crippen LogP contribution < -0.4 is 4.74 Å². The maximum absolute atomic E-state index is 5.24. The zero-order chi connectivity index (χ0) is 17.8. The van der Waals surface area contributed by atoms with Crippen molar-refractivity contribution in [1.82, 2.24) is 0 Å². The third-order valence-electron chi connectivity index (χ3n) is 4.48. The van der Waals surface area contributed by atoms with Crippen molar-refractivity contribution in [2.45, 2.75) is 6.42 Å². The maximum Gasteiger partial charge on any atom is 0.118 e. The predicted molar refractivity (Wildman–Crippen MR) is 113 cm³/mol. The van der Waals surface area contributed by atoms with Crippen molar-refractivity contribution >= 4 is 33.6 Å². The number of hydrogen-bond donors (Lipinski definition) is 0. The first kappa shape index (κ1) is 16.6. The van der Waals surface area contributed by atoms with E-state index in [9.17, 15) is 0 Å². The minimum atomic E-state index is 0.882. The van der Waals surface area contributed by atoms with Crippen molar-refractivity contribution in [2.75, 3.05) is 7.11 Å². The number of ether oxygens (including phenoxy) is 1. The standard InChI is InChI=1S/C24H20OS/c1-25-20-14-11-18(12-15-20)13-16-22-21-9-5-6-10-23(21)26-24(22)17-19-7-3-2-4-8-19/h2-16H,17H2,1H3/b16-13+. The minimum absolute atomic E-state index is 0.882. The number of methoxy groups -OCH3 is 1. The van der Waals surface area contributed by atoms with Gasteiger partial charge in [-0.3, -0.25) is 0 Å². The molecule has 1 aromatic heterocycles. The van der Waals surface area contributed by atoms with Crippen LogP contribution in [0.2, 0.25) is 0 Å². The van der Waals surface area contributed by atoms with Gasteiger partial charge in [-0.25, -0.2) is 0 Å². The fraction of sp³-hybridized carbons (Fsp3) is 0.0833. The zero-order valence-electron chi connectivity index (χ0n) is 14.7. The highest BCUT2D eigenvalue weighted by molar-refractivity contribution is 7.19. The van der Waals surface area contributed by atoms with Crippen LogP contribution in [0, 0.1) is 0 Å². The first-order valence-electron chi connectivity index (χ1n) is 8.70. The molecule has 4 aromatic rings. The highest BCUT2D eigenvalue weighted by Crippen LogP contribution is 2.34. The maximum atomic E-state index is 5.24. The fourth-order valence-corrected chi connectivity index (χ4v) is 4.33. The summed E-state index contributed by atoms with van der Waals surface area (Å²) in [6.45, 7) is 0. The molecule has 2 heteroatoms. The van der Waals surface area contributed by atoms with Crippen LogP contribution in [0.5, 0.6) is 5.75 Å². The average Bonchev–Trinajstić information content (AvgIpc) is 3.04. The first-order chi connectivity index (χ1) is 12.8. The molecule has 0 radical (unpaired) electrons. The molecule has 26 heavy (non-hydrogen) atoms. The lowest BCUT2D eigenvalue weighted by molar-refractivity contribution is 0.415. The molecular weight excluding hydrogens is 336 g/mol. The third-order valence-corrected chi connectivity index (χ3v) is 5.66. The molecule has 0 saturated heterocycles. The Kier molecular flexibility index (Phi) is 4.85. The molecule has 128 valence electrons. The number of fused-ring (bicyclic) bond motifs is 1. The summed E-state index contributed by atoms with van der Waals surface area (Å²) in [6.07, 6.45) is 5.39. The molecule has 0 N–H and O–H groups in total. The number of thiophene rings is 1. The number of rotatable bonds is 5. The lowest BCUT2D eigenvalue weighted by Gasteiger charge is -2.02. The van der Waals surface area contributed by atoms with Gasteiger partial charge in [0.1, 0.15) is 5.75 Å². The topological polar surface area (TPSA) is 9.23 Å². The monoisotopic (exact) mass is 356 g/mol. The smallest absolute Gasteiger partial charge is 0.118 e. The van der Waals surface area contributed by atoms with Crippen molar-refractivity contribution in [3.63, 3.8) is 0 Å². The van der Waals surface area contributed by atoms with Gasteiger partial charge in [-0.2, -0.15) is 0 Å². The molecule has 4 rings (SSSR count). The molecule has 3 aromatic carbocycles. The van der Waals surface area contributed by atoms with E-state index in [2.05, 4.69) is 78.9 Å². The number of benzene rings is 3. The normalized spacial score (nSPS) is 11.3. The summed E-state index contributed by atoms with van der Waals surface area (Å²) in [4.78, 5) is 1.40. The van der Waals surface area contributed by atoms with Gasteiger partial charge in [0.15, 0.2) is 0 Å². The summed E-state index contributed by atoms with van der Waals surface area (Å²) in [5, 5.41) is 1.33. The molecule has 0 saturated carbocycles. The predicted octanol–water partition coefficient (Wildman–Crippen LogP) is 6.67. The molecule has 1 heterocycles. The van der Waals surface area contributed by atoms with Gasteiger partial charge in [-0.15, -0.1) is 11.3 Å². The van der Waals surface area contributed by atoms with Crippen LogP contribution in [-0.4, -0.2) is 7.11 Å². The van der Waals surface area contributed by atoms with Crippen LogP contribution >= 0.6 is 11.3 Å². The van der Waals surface area contributed by atoms with Crippen LogP contribution in [0.25, 0.3) is 22.2 Å². The van der Waals surface area contributed by atoms with E-state index in [-0.39, 0.29) is 0 Å². The lowest BCUT2D eigenvalue weighted by Crippen LogP contribution is -1.86. The Bertz CT molecular complexity index is 1030. The van der Waals surface area contributed by atoms with Gasteiger partial charge in [0.2, 0.25) is 0 Å². The van der Waals surface area contributed by atoms with Crippen LogP contribution in [-0.2, 0) is 6.42 Å². The Morgan fingerprint density at radius 1 is 0.808 bits per heavy atom. The molecule has 0 spiro atoms. The Balaban J connectivity index is 1.72. The molecule has 0 amide bonds. The van der Waals surface area contributed by atoms with E-state index in [1.165, 1.54) is 31.7 Å². The van der Waals surface area contributed by atoms with Crippen molar-refractivity contribution in [1.29, 1.82) is 0 Å². The molecule has 1 nitrogen and oxygen atoms in total. The Morgan fingerprint density at radius 3 is 2.31 bits per heavy atom. The van der Waals surface area contributed by atoms with Gasteiger partial charge < -0.3 is 4.74 Å². The van der Waals surface area contributed by atoms with Crippen molar-refractivity contribution < 1.29 is 4.74 Å².